The highest BCUT2D eigenvalue weighted by molar-refractivity contribution is 7.10. The van der Waals surface area contributed by atoms with Crippen LogP contribution in [0.3, 0.4) is 0 Å². The third-order valence-corrected chi connectivity index (χ3v) is 5.84. The zero-order valence-corrected chi connectivity index (χ0v) is 13.1. The number of carbonyl (C=O) groups excluding carboxylic acids is 2. The number of hydrogen-bond acceptors (Lipinski definition) is 4. The number of likely N-dealkylation sites (tertiary alicyclic amines) is 1. The molecule has 0 unspecified atom stereocenters. The van der Waals surface area contributed by atoms with Gasteiger partial charge in [0, 0.05) is 11.3 Å². The summed E-state index contributed by atoms with van der Waals surface area (Å²) in [5, 5.41) is 4.57. The maximum Gasteiger partial charge on any atom is 0.238 e. The molecule has 0 bridgehead atoms. The molecule has 2 aliphatic rings. The van der Waals surface area contributed by atoms with Gasteiger partial charge in [0.05, 0.1) is 5.41 Å². The maximum atomic E-state index is 12.6. The fourth-order valence-corrected chi connectivity index (χ4v) is 4.41. The van der Waals surface area contributed by atoms with Gasteiger partial charge in [-0.1, -0.05) is 12.5 Å². The molecule has 3 rings (SSSR count). The maximum absolute atomic E-state index is 12.6. The molecule has 1 aromatic heterocycles. The Balaban J connectivity index is 1.76. The van der Waals surface area contributed by atoms with Crippen LogP contribution in [0.25, 0.3) is 0 Å². The number of nitrogens with one attached hydrogen (secondary N) is 1. The van der Waals surface area contributed by atoms with E-state index in [0.717, 1.165) is 30.9 Å². The summed E-state index contributed by atoms with van der Waals surface area (Å²) in [5.41, 5.74) is -0.500. The molecule has 5 heteroatoms. The Morgan fingerprint density at radius 2 is 2.05 bits per heavy atom. The third kappa shape index (κ3) is 3.04. The zero-order valence-electron chi connectivity index (χ0n) is 12.3. The van der Waals surface area contributed by atoms with Crippen LogP contribution in [0, 0.1) is 0 Å². The summed E-state index contributed by atoms with van der Waals surface area (Å²) in [6, 6.07) is 4.03. The van der Waals surface area contributed by atoms with Crippen molar-refractivity contribution in [3.63, 3.8) is 0 Å². The molecule has 0 spiro atoms. The van der Waals surface area contributed by atoms with E-state index in [2.05, 4.69) is 10.2 Å². The Morgan fingerprint density at radius 3 is 2.71 bits per heavy atom. The molecule has 1 atom stereocenters. The first-order chi connectivity index (χ1) is 10.2. The van der Waals surface area contributed by atoms with Crippen LogP contribution in [-0.4, -0.2) is 36.3 Å². The van der Waals surface area contributed by atoms with E-state index in [0.29, 0.717) is 12.8 Å². The van der Waals surface area contributed by atoms with Gasteiger partial charge in [-0.25, -0.2) is 0 Å². The Morgan fingerprint density at radius 1 is 1.24 bits per heavy atom. The Kier molecular flexibility index (Phi) is 4.40. The predicted molar refractivity (Wildman–Crippen MR) is 83.3 cm³/mol. The third-order valence-electron chi connectivity index (χ3n) is 4.76. The molecule has 1 aromatic rings. The van der Waals surface area contributed by atoms with Crippen molar-refractivity contribution in [1.82, 2.24) is 10.2 Å². The lowest BCUT2D eigenvalue weighted by Crippen LogP contribution is -2.52. The van der Waals surface area contributed by atoms with Crippen LogP contribution in [0.5, 0.6) is 0 Å². The Hall–Kier alpha value is -1.20. The normalized spacial score (nSPS) is 27.6. The van der Waals surface area contributed by atoms with E-state index < -0.39 is 5.41 Å². The first-order valence-corrected chi connectivity index (χ1v) is 8.69. The molecule has 114 valence electrons. The first kappa shape index (κ1) is 14.7. The van der Waals surface area contributed by atoms with Crippen LogP contribution in [0.1, 0.15) is 43.4 Å². The van der Waals surface area contributed by atoms with Gasteiger partial charge in [0.2, 0.25) is 11.8 Å². The number of thiophene rings is 1. The van der Waals surface area contributed by atoms with E-state index in [4.69, 9.17) is 0 Å². The molecule has 0 aliphatic carbocycles. The minimum atomic E-state index is -0.500. The zero-order chi connectivity index (χ0) is 14.7. The lowest BCUT2D eigenvalue weighted by atomic mass is 9.75. The SMILES string of the molecule is O=C1CC[C@@](CCN2CCCCC2)(c2cccs2)C(=O)N1. The van der Waals surface area contributed by atoms with E-state index >= 15 is 0 Å². The fourth-order valence-electron chi connectivity index (χ4n) is 3.43. The monoisotopic (exact) mass is 306 g/mol. The summed E-state index contributed by atoms with van der Waals surface area (Å²) in [4.78, 5) is 27.6. The minimum absolute atomic E-state index is 0.0989. The number of piperidine rings is 2. The van der Waals surface area contributed by atoms with Gasteiger partial charge in [-0.2, -0.15) is 0 Å². The van der Waals surface area contributed by atoms with E-state index in [9.17, 15) is 9.59 Å². The molecule has 0 saturated carbocycles. The fraction of sp³-hybridized carbons (Fsp3) is 0.625. The molecular formula is C16H22N2O2S. The lowest BCUT2D eigenvalue weighted by molar-refractivity contribution is -0.138. The van der Waals surface area contributed by atoms with Crippen LogP contribution < -0.4 is 5.32 Å². The predicted octanol–water partition coefficient (Wildman–Crippen LogP) is 2.30. The van der Waals surface area contributed by atoms with Crippen molar-refractivity contribution in [3.05, 3.63) is 22.4 Å². The van der Waals surface area contributed by atoms with Crippen molar-refractivity contribution in [3.8, 4) is 0 Å². The molecule has 1 N–H and O–H groups in total. The van der Waals surface area contributed by atoms with Crippen molar-refractivity contribution >= 4 is 23.2 Å². The van der Waals surface area contributed by atoms with Gasteiger partial charge in [0.25, 0.3) is 0 Å². The number of nitrogens with zero attached hydrogens (tertiary/aromatic N) is 1. The summed E-state index contributed by atoms with van der Waals surface area (Å²) in [7, 11) is 0. The van der Waals surface area contributed by atoms with Crippen molar-refractivity contribution in [2.24, 2.45) is 0 Å². The molecule has 0 aromatic carbocycles. The second kappa shape index (κ2) is 6.28. The van der Waals surface area contributed by atoms with Crippen molar-refractivity contribution < 1.29 is 9.59 Å². The Bertz CT molecular complexity index is 508. The number of rotatable bonds is 4. The summed E-state index contributed by atoms with van der Waals surface area (Å²) < 4.78 is 0. The van der Waals surface area contributed by atoms with E-state index in [1.54, 1.807) is 11.3 Å². The highest BCUT2D eigenvalue weighted by Gasteiger charge is 2.44. The molecule has 2 fully saturated rings. The van der Waals surface area contributed by atoms with Crippen LogP contribution in [0.2, 0.25) is 0 Å². The molecule has 3 heterocycles. The van der Waals surface area contributed by atoms with Gasteiger partial charge in [0.1, 0.15) is 0 Å². The van der Waals surface area contributed by atoms with Gasteiger partial charge >= 0.3 is 0 Å². The minimum Gasteiger partial charge on any atom is -0.303 e. The van der Waals surface area contributed by atoms with Gasteiger partial charge in [-0.3, -0.25) is 14.9 Å². The number of imide groups is 1. The second-order valence-corrected chi connectivity index (χ2v) is 7.04. The average Bonchev–Trinajstić information content (AvgIpc) is 3.03. The Labute approximate surface area is 129 Å². The largest absolute Gasteiger partial charge is 0.303 e. The highest BCUT2D eigenvalue weighted by atomic mass is 32.1. The van der Waals surface area contributed by atoms with Crippen LogP contribution in [0.15, 0.2) is 17.5 Å². The van der Waals surface area contributed by atoms with Crippen molar-refractivity contribution in [2.45, 2.75) is 43.9 Å². The van der Waals surface area contributed by atoms with Gasteiger partial charge in [-0.15, -0.1) is 11.3 Å². The molecule has 4 nitrogen and oxygen atoms in total. The summed E-state index contributed by atoms with van der Waals surface area (Å²) in [6.45, 7) is 3.22. The molecule has 2 aliphatic heterocycles. The highest BCUT2D eigenvalue weighted by Crippen LogP contribution is 2.38. The lowest BCUT2D eigenvalue weighted by Gasteiger charge is -2.37. The summed E-state index contributed by atoms with van der Waals surface area (Å²) >= 11 is 1.63. The average molecular weight is 306 g/mol. The van der Waals surface area contributed by atoms with E-state index in [1.807, 2.05) is 17.5 Å². The first-order valence-electron chi connectivity index (χ1n) is 7.81. The van der Waals surface area contributed by atoms with Crippen LogP contribution >= 0.6 is 11.3 Å². The molecule has 2 amide bonds. The summed E-state index contributed by atoms with van der Waals surface area (Å²) in [5.74, 6) is -0.233. The van der Waals surface area contributed by atoms with E-state index in [1.165, 1.54) is 19.3 Å². The van der Waals surface area contributed by atoms with Gasteiger partial charge in [-0.05, 0) is 56.8 Å². The molecular weight excluding hydrogens is 284 g/mol. The van der Waals surface area contributed by atoms with Gasteiger partial charge < -0.3 is 4.90 Å². The number of carbonyl (C=O) groups is 2. The standard InChI is InChI=1S/C16H22N2O2S/c19-14-6-7-16(15(20)17-14,13-5-4-12-21-13)8-11-18-9-2-1-3-10-18/h4-5,12H,1-3,6-11H2,(H,17,19,20)/t16-/m1/s1. The molecule has 2 saturated heterocycles. The van der Waals surface area contributed by atoms with Crippen LogP contribution in [0.4, 0.5) is 0 Å². The number of hydrogen-bond donors (Lipinski definition) is 1. The van der Waals surface area contributed by atoms with E-state index in [-0.39, 0.29) is 11.8 Å². The van der Waals surface area contributed by atoms with Crippen LogP contribution in [-0.2, 0) is 15.0 Å². The van der Waals surface area contributed by atoms with Gasteiger partial charge in [0.15, 0.2) is 0 Å². The smallest absolute Gasteiger partial charge is 0.238 e. The van der Waals surface area contributed by atoms with Crippen molar-refractivity contribution in [1.29, 1.82) is 0 Å². The molecule has 0 radical (unpaired) electrons. The second-order valence-electron chi connectivity index (χ2n) is 6.09. The number of amides is 2. The van der Waals surface area contributed by atoms with Crippen molar-refractivity contribution in [2.75, 3.05) is 19.6 Å². The molecule has 21 heavy (non-hydrogen) atoms. The topological polar surface area (TPSA) is 49.4 Å². The summed E-state index contributed by atoms with van der Waals surface area (Å²) in [6.07, 6.45) is 5.75. The quantitative estimate of drug-likeness (QED) is 0.868.